The maximum atomic E-state index is 14.7. The van der Waals surface area contributed by atoms with Crippen molar-refractivity contribution in [2.75, 3.05) is 19.0 Å². The molecule has 5 rings (SSSR count). The van der Waals surface area contributed by atoms with E-state index < -0.39 is 22.1 Å². The summed E-state index contributed by atoms with van der Waals surface area (Å²) < 4.78 is 42.6. The number of amides is 1. The van der Waals surface area contributed by atoms with E-state index in [1.54, 1.807) is 25.5 Å². The Hall–Kier alpha value is -3.39. The number of nitrogens with one attached hydrogen (secondary N) is 4. The first-order valence-electron chi connectivity index (χ1n) is 12.1. The maximum absolute atomic E-state index is 14.7. The molecule has 39 heavy (non-hydrogen) atoms. The summed E-state index contributed by atoms with van der Waals surface area (Å²) in [6.07, 6.45) is 6.17. The van der Waals surface area contributed by atoms with Crippen LogP contribution in [0.4, 0.5) is 10.2 Å². The molecule has 10 nitrogen and oxygen atoms in total. The molecule has 0 radical (unpaired) electrons. The molecule has 204 valence electrons. The third-order valence-electron chi connectivity index (χ3n) is 6.79. The Morgan fingerprint density at radius 3 is 2.77 bits per heavy atom. The molecule has 3 heterocycles. The van der Waals surface area contributed by atoms with Crippen molar-refractivity contribution < 1.29 is 17.6 Å². The van der Waals surface area contributed by atoms with Crippen LogP contribution in [0.5, 0.6) is 0 Å². The number of carbonyl (C=O) groups excluding carboxylic acids is 1. The molecule has 1 saturated heterocycles. The third kappa shape index (κ3) is 5.66. The van der Waals surface area contributed by atoms with Gasteiger partial charge in [-0.25, -0.2) is 17.8 Å². The lowest BCUT2D eigenvalue weighted by Crippen LogP contribution is -2.41. The standard InChI is InChI=1S/C25H25ClFN7O3S2/c1-34-10-8-21(24(34)35)33-39(36,37)15-11-19(26)23(29-12-15)31-32-25(38)30-22-17-3-2-4-20(27)16(17)6-5-14-7-9-28-13-18(14)22/h2-4,7,9,11-13,21-22,33H,5-6,8,10H2,1H3,(H,29,31)(H2,30,32,38). The maximum Gasteiger partial charge on any atom is 0.242 e. The lowest BCUT2D eigenvalue weighted by Gasteiger charge is -2.23. The van der Waals surface area contributed by atoms with Crippen molar-refractivity contribution in [1.29, 1.82) is 0 Å². The fourth-order valence-corrected chi connectivity index (χ4v) is 6.39. The van der Waals surface area contributed by atoms with E-state index >= 15 is 0 Å². The van der Waals surface area contributed by atoms with Crippen molar-refractivity contribution in [2.45, 2.75) is 36.2 Å². The number of halogens is 2. The SMILES string of the molecule is CN1CCC(NS(=O)(=O)c2cnc(NNC(=S)NC3c4cnccc4CCc4c(F)cccc43)c(Cl)c2)C1=O. The van der Waals surface area contributed by atoms with E-state index in [4.69, 9.17) is 23.8 Å². The Balaban J connectivity index is 1.28. The summed E-state index contributed by atoms with van der Waals surface area (Å²) in [6, 6.07) is 6.82. The van der Waals surface area contributed by atoms with Crippen molar-refractivity contribution in [1.82, 2.24) is 30.3 Å². The molecule has 1 amide bonds. The van der Waals surface area contributed by atoms with Crippen LogP contribution in [0.1, 0.15) is 34.7 Å². The normalized spacial score (nSPS) is 18.6. The number of carbonyl (C=O) groups is 1. The van der Waals surface area contributed by atoms with E-state index in [-0.39, 0.29) is 32.6 Å². The molecule has 14 heteroatoms. The lowest BCUT2D eigenvalue weighted by molar-refractivity contribution is -0.127. The molecule has 2 atom stereocenters. The Kier molecular flexibility index (Phi) is 7.67. The zero-order valence-electron chi connectivity index (χ0n) is 20.7. The number of benzene rings is 1. The quantitative estimate of drug-likeness (QED) is 0.253. The molecule has 0 spiro atoms. The number of fused-ring (bicyclic) bond motifs is 2. The minimum Gasteiger partial charge on any atom is -0.350 e. The Morgan fingerprint density at radius 1 is 1.21 bits per heavy atom. The van der Waals surface area contributed by atoms with Gasteiger partial charge in [0.25, 0.3) is 0 Å². The summed E-state index contributed by atoms with van der Waals surface area (Å²) >= 11 is 11.8. The van der Waals surface area contributed by atoms with Gasteiger partial charge in [0.05, 0.1) is 11.1 Å². The first-order chi connectivity index (χ1) is 18.6. The average molecular weight is 590 g/mol. The van der Waals surface area contributed by atoms with Gasteiger partial charge in [-0.2, -0.15) is 4.72 Å². The van der Waals surface area contributed by atoms with Crippen LogP contribution in [0.3, 0.4) is 0 Å². The van der Waals surface area contributed by atoms with Crippen molar-refractivity contribution in [2.24, 2.45) is 0 Å². The van der Waals surface area contributed by atoms with Crippen molar-refractivity contribution in [3.05, 3.63) is 82.0 Å². The number of aryl methyl sites for hydroxylation is 1. The highest BCUT2D eigenvalue weighted by atomic mass is 35.5. The van der Waals surface area contributed by atoms with Crippen LogP contribution >= 0.6 is 23.8 Å². The van der Waals surface area contributed by atoms with Crippen LogP contribution in [0.25, 0.3) is 0 Å². The summed E-state index contributed by atoms with van der Waals surface area (Å²) in [5, 5.41) is 3.40. The lowest BCUT2D eigenvalue weighted by atomic mass is 9.96. The summed E-state index contributed by atoms with van der Waals surface area (Å²) in [4.78, 5) is 21.7. The number of anilines is 1. The average Bonchev–Trinajstić information content (AvgIpc) is 3.12. The summed E-state index contributed by atoms with van der Waals surface area (Å²) in [5.41, 5.74) is 8.88. The van der Waals surface area contributed by atoms with Crippen LogP contribution in [0.15, 0.2) is 53.8 Å². The second kappa shape index (κ2) is 11.0. The van der Waals surface area contributed by atoms with E-state index in [0.717, 1.165) is 22.9 Å². The number of likely N-dealkylation sites (N-methyl/N-ethyl adjacent to an activating group) is 1. The van der Waals surface area contributed by atoms with E-state index in [2.05, 4.69) is 30.9 Å². The number of rotatable bonds is 6. The highest BCUT2D eigenvalue weighted by Crippen LogP contribution is 2.33. The van der Waals surface area contributed by atoms with Gasteiger partial charge in [-0.05, 0) is 66.4 Å². The molecule has 0 bridgehead atoms. The van der Waals surface area contributed by atoms with Gasteiger partial charge in [-0.3, -0.25) is 20.6 Å². The molecule has 1 aliphatic heterocycles. The first kappa shape index (κ1) is 27.2. The molecule has 1 aliphatic carbocycles. The highest BCUT2D eigenvalue weighted by Gasteiger charge is 2.33. The zero-order chi connectivity index (χ0) is 27.7. The predicted octanol–water partition coefficient (Wildman–Crippen LogP) is 2.46. The van der Waals surface area contributed by atoms with Crippen LogP contribution in [0, 0.1) is 5.82 Å². The molecular formula is C25H25ClFN7O3S2. The highest BCUT2D eigenvalue weighted by molar-refractivity contribution is 7.89. The van der Waals surface area contributed by atoms with E-state index in [0.29, 0.717) is 31.4 Å². The number of aromatic nitrogens is 2. The second-order valence-electron chi connectivity index (χ2n) is 9.26. The topological polar surface area (TPSA) is 128 Å². The molecule has 1 aromatic carbocycles. The molecule has 0 saturated carbocycles. The van der Waals surface area contributed by atoms with Gasteiger partial charge in [-0.15, -0.1) is 0 Å². The molecule has 2 unspecified atom stereocenters. The number of hydrogen-bond acceptors (Lipinski definition) is 7. The fraction of sp³-hybridized carbons (Fsp3) is 0.280. The van der Waals surface area contributed by atoms with Gasteiger partial charge in [0.15, 0.2) is 10.9 Å². The van der Waals surface area contributed by atoms with E-state index in [9.17, 15) is 17.6 Å². The number of sulfonamides is 1. The van der Waals surface area contributed by atoms with Crippen LogP contribution in [0.2, 0.25) is 5.02 Å². The minimum absolute atomic E-state index is 0.0134. The first-order valence-corrected chi connectivity index (χ1v) is 14.4. The molecule has 2 aromatic heterocycles. The van der Waals surface area contributed by atoms with Gasteiger partial charge >= 0.3 is 0 Å². The summed E-state index contributed by atoms with van der Waals surface area (Å²) in [5.74, 6) is -0.439. The molecule has 4 N–H and O–H groups in total. The van der Waals surface area contributed by atoms with Crippen LogP contribution in [-0.2, 0) is 27.7 Å². The van der Waals surface area contributed by atoms with Crippen LogP contribution < -0.4 is 20.9 Å². The number of hydrazine groups is 1. The van der Waals surface area contributed by atoms with Crippen molar-refractivity contribution in [3.8, 4) is 0 Å². The smallest absolute Gasteiger partial charge is 0.242 e. The van der Waals surface area contributed by atoms with Crippen LogP contribution in [-0.4, -0.2) is 53.9 Å². The number of hydrogen-bond donors (Lipinski definition) is 4. The summed E-state index contributed by atoms with van der Waals surface area (Å²) in [7, 11) is -2.41. The number of nitrogens with zero attached hydrogens (tertiary/aromatic N) is 3. The number of thiocarbonyl (C=S) groups is 1. The van der Waals surface area contributed by atoms with E-state index in [1.165, 1.54) is 17.0 Å². The van der Waals surface area contributed by atoms with Gasteiger partial charge in [0.1, 0.15) is 16.8 Å². The van der Waals surface area contributed by atoms with Gasteiger partial charge in [-0.1, -0.05) is 23.7 Å². The largest absolute Gasteiger partial charge is 0.350 e. The van der Waals surface area contributed by atoms with Crippen molar-refractivity contribution in [3.63, 3.8) is 0 Å². The molecule has 1 fully saturated rings. The zero-order valence-corrected chi connectivity index (χ0v) is 23.1. The summed E-state index contributed by atoms with van der Waals surface area (Å²) in [6.45, 7) is 0.469. The van der Waals surface area contributed by atoms with Gasteiger partial charge < -0.3 is 10.2 Å². The fourth-order valence-electron chi connectivity index (χ4n) is 4.74. The number of pyridine rings is 2. The molecule has 3 aromatic rings. The molecular weight excluding hydrogens is 565 g/mol. The van der Waals surface area contributed by atoms with Gasteiger partial charge in [0, 0.05) is 37.7 Å². The monoisotopic (exact) mass is 589 g/mol. The van der Waals surface area contributed by atoms with Crippen molar-refractivity contribution >= 4 is 50.7 Å². The van der Waals surface area contributed by atoms with E-state index in [1.807, 2.05) is 12.1 Å². The third-order valence-corrected chi connectivity index (χ3v) is 8.74. The Morgan fingerprint density at radius 2 is 2.03 bits per heavy atom. The van der Waals surface area contributed by atoms with Gasteiger partial charge in [0.2, 0.25) is 15.9 Å². The minimum atomic E-state index is -4.02. The Bertz CT molecular complexity index is 1560. The number of likely N-dealkylation sites (tertiary alicyclic amines) is 1. The Labute approximate surface area is 235 Å². The predicted molar refractivity (Wildman–Crippen MR) is 148 cm³/mol. The second-order valence-corrected chi connectivity index (χ2v) is 11.8. The molecule has 2 aliphatic rings.